The predicted octanol–water partition coefficient (Wildman–Crippen LogP) is 5.10. The average Bonchev–Trinajstić information content (AvgIpc) is 2.67. The second kappa shape index (κ2) is 9.92. The summed E-state index contributed by atoms with van der Waals surface area (Å²) in [5, 5.41) is 0.554. The number of rotatable bonds is 8. The molecule has 0 amide bonds. The Hall–Kier alpha value is -2.25. The Morgan fingerprint density at radius 1 is 1.03 bits per heavy atom. The van der Waals surface area contributed by atoms with Crippen LogP contribution in [-0.4, -0.2) is 33.0 Å². The number of hydrogen-bond donors (Lipinski definition) is 0. The maximum absolute atomic E-state index is 14.2. The number of halogens is 2. The smallest absolute Gasteiger partial charge is 0.337 e. The first-order chi connectivity index (χ1) is 14.4. The largest absolute Gasteiger partial charge is 0.465 e. The average molecular weight is 469 g/mol. The van der Waals surface area contributed by atoms with Gasteiger partial charge in [0.2, 0.25) is 0 Å². The molecule has 8 heteroatoms. The highest BCUT2D eigenvalue weighted by Crippen LogP contribution is 2.32. The van der Waals surface area contributed by atoms with E-state index in [0.29, 0.717) is 5.02 Å². The number of sulfone groups is 1. The molecule has 2 aromatic carbocycles. The van der Waals surface area contributed by atoms with Gasteiger partial charge in [-0.05, 0) is 58.9 Å². The van der Waals surface area contributed by atoms with Crippen LogP contribution in [0, 0.1) is 5.82 Å². The van der Waals surface area contributed by atoms with Gasteiger partial charge < -0.3 is 4.74 Å². The molecule has 0 unspecified atom stereocenters. The van der Waals surface area contributed by atoms with Crippen molar-refractivity contribution in [3.8, 4) is 0 Å². The Kier molecular flexibility index (Phi) is 8.00. The highest BCUT2D eigenvalue weighted by molar-refractivity contribution is 7.92. The molecule has 0 aromatic heterocycles. The van der Waals surface area contributed by atoms with Gasteiger partial charge in [0.25, 0.3) is 0 Å². The molecule has 2 rings (SSSR count). The third kappa shape index (κ3) is 5.92. The van der Waals surface area contributed by atoms with E-state index in [-0.39, 0.29) is 23.8 Å². The van der Waals surface area contributed by atoms with E-state index in [4.69, 9.17) is 11.6 Å². The summed E-state index contributed by atoms with van der Waals surface area (Å²) >= 11 is 6.24. The summed E-state index contributed by atoms with van der Waals surface area (Å²) in [4.78, 5) is 23.8. The molecule has 0 N–H and O–H groups in total. The standard InChI is InChI=1S/C23H26ClFO5S/c1-13(2)18-9-16(24)10-19(14(3)4)20(18)11-17(26)12-31(28,29)22-8-15(23(27)30-5)6-7-21(22)25/h6-10,13-14H,11-12H2,1-5H3. The highest BCUT2D eigenvalue weighted by Gasteiger charge is 2.26. The fourth-order valence-electron chi connectivity index (χ4n) is 3.44. The van der Waals surface area contributed by atoms with Crippen molar-refractivity contribution in [2.75, 3.05) is 12.9 Å². The van der Waals surface area contributed by atoms with Crippen LogP contribution in [0.3, 0.4) is 0 Å². The number of carbonyl (C=O) groups excluding carboxylic acids is 2. The summed E-state index contributed by atoms with van der Waals surface area (Å²) in [6, 6.07) is 6.46. The van der Waals surface area contributed by atoms with E-state index in [9.17, 15) is 22.4 Å². The minimum Gasteiger partial charge on any atom is -0.465 e. The molecule has 0 aliphatic rings. The Labute approximate surface area is 187 Å². The minimum atomic E-state index is -4.31. The number of Topliss-reactive ketones (excluding diaryl/α,β-unsaturated/α-hetero) is 1. The van der Waals surface area contributed by atoms with Crippen LogP contribution < -0.4 is 0 Å². The Bertz CT molecular complexity index is 1080. The van der Waals surface area contributed by atoms with Gasteiger partial charge in [-0.1, -0.05) is 39.3 Å². The molecule has 0 aliphatic carbocycles. The number of hydrogen-bond acceptors (Lipinski definition) is 5. The van der Waals surface area contributed by atoms with Crippen LogP contribution in [0.5, 0.6) is 0 Å². The maximum atomic E-state index is 14.2. The van der Waals surface area contributed by atoms with Gasteiger partial charge in [0.15, 0.2) is 15.6 Å². The lowest BCUT2D eigenvalue weighted by Crippen LogP contribution is -2.21. The molecule has 2 aromatic rings. The lowest BCUT2D eigenvalue weighted by atomic mass is 9.86. The van der Waals surface area contributed by atoms with Gasteiger partial charge >= 0.3 is 5.97 Å². The Balaban J connectivity index is 2.40. The van der Waals surface area contributed by atoms with Crippen LogP contribution in [0.1, 0.15) is 66.6 Å². The van der Waals surface area contributed by atoms with Gasteiger partial charge in [-0.15, -0.1) is 0 Å². The van der Waals surface area contributed by atoms with Gasteiger partial charge in [0.05, 0.1) is 12.7 Å². The first kappa shape index (κ1) is 25.0. The highest BCUT2D eigenvalue weighted by atomic mass is 35.5. The Morgan fingerprint density at radius 3 is 2.06 bits per heavy atom. The van der Waals surface area contributed by atoms with Gasteiger partial charge in [0, 0.05) is 11.4 Å². The van der Waals surface area contributed by atoms with E-state index in [1.54, 1.807) is 12.1 Å². The van der Waals surface area contributed by atoms with Gasteiger partial charge in [-0.25, -0.2) is 17.6 Å². The fourth-order valence-corrected chi connectivity index (χ4v) is 5.03. The zero-order valence-corrected chi connectivity index (χ0v) is 19.7. The number of ketones is 1. The summed E-state index contributed by atoms with van der Waals surface area (Å²) in [5.74, 6) is -3.14. The molecule has 0 aliphatic heterocycles. The van der Waals surface area contributed by atoms with E-state index in [2.05, 4.69) is 4.74 Å². The number of ether oxygens (including phenoxy) is 1. The van der Waals surface area contributed by atoms with Crippen LogP contribution >= 0.6 is 11.6 Å². The SMILES string of the molecule is COC(=O)c1ccc(F)c(S(=O)(=O)CC(=O)Cc2c(C(C)C)cc(Cl)cc2C(C)C)c1. The van der Waals surface area contributed by atoms with Crippen LogP contribution in [0.25, 0.3) is 0 Å². The normalized spacial score (nSPS) is 11.8. The van der Waals surface area contributed by atoms with E-state index >= 15 is 0 Å². The predicted molar refractivity (Wildman–Crippen MR) is 118 cm³/mol. The molecule has 0 heterocycles. The molecule has 0 radical (unpaired) electrons. The quantitative estimate of drug-likeness (QED) is 0.504. The molecular formula is C23H26ClFO5S. The summed E-state index contributed by atoms with van der Waals surface area (Å²) in [7, 11) is -3.17. The summed E-state index contributed by atoms with van der Waals surface area (Å²) in [6.45, 7) is 7.87. The van der Waals surface area contributed by atoms with Crippen LogP contribution in [-0.2, 0) is 25.8 Å². The van der Waals surface area contributed by atoms with Gasteiger partial charge in [-0.3, -0.25) is 4.79 Å². The van der Waals surface area contributed by atoms with Crippen molar-refractivity contribution < 1.29 is 27.1 Å². The topological polar surface area (TPSA) is 77.5 Å². The van der Waals surface area contributed by atoms with Crippen LogP contribution in [0.15, 0.2) is 35.2 Å². The van der Waals surface area contributed by atoms with Crippen LogP contribution in [0.4, 0.5) is 4.39 Å². The monoisotopic (exact) mass is 468 g/mol. The van der Waals surface area contributed by atoms with Crippen molar-refractivity contribution in [3.63, 3.8) is 0 Å². The van der Waals surface area contributed by atoms with Crippen molar-refractivity contribution in [1.29, 1.82) is 0 Å². The Morgan fingerprint density at radius 2 is 1.58 bits per heavy atom. The molecular weight excluding hydrogens is 443 g/mol. The second-order valence-corrected chi connectivity index (χ2v) is 10.4. The van der Waals surface area contributed by atoms with Gasteiger partial charge in [-0.2, -0.15) is 0 Å². The lowest BCUT2D eigenvalue weighted by molar-refractivity contribution is -0.116. The van der Waals surface area contributed by atoms with E-state index in [1.165, 1.54) is 0 Å². The molecule has 0 spiro atoms. The molecule has 0 atom stereocenters. The van der Waals surface area contributed by atoms with Crippen molar-refractivity contribution in [2.45, 2.75) is 50.8 Å². The van der Waals surface area contributed by atoms with E-state index in [1.807, 2.05) is 27.7 Å². The third-order valence-electron chi connectivity index (χ3n) is 4.94. The van der Waals surface area contributed by atoms with Crippen LogP contribution in [0.2, 0.25) is 5.02 Å². The number of benzene rings is 2. The minimum absolute atomic E-state index is 0.0739. The zero-order chi connectivity index (χ0) is 23.5. The molecule has 0 fully saturated rings. The fraction of sp³-hybridized carbons (Fsp3) is 0.391. The molecule has 0 saturated carbocycles. The molecule has 168 valence electrons. The molecule has 0 bridgehead atoms. The van der Waals surface area contributed by atoms with E-state index in [0.717, 1.165) is 42.0 Å². The number of methoxy groups -OCH3 is 1. The van der Waals surface area contributed by atoms with E-state index < -0.39 is 38.1 Å². The first-order valence-electron chi connectivity index (χ1n) is 9.81. The summed E-state index contributed by atoms with van der Waals surface area (Å²) in [6.07, 6.45) is -0.115. The number of esters is 1. The van der Waals surface area contributed by atoms with Gasteiger partial charge in [0.1, 0.15) is 16.5 Å². The summed E-state index contributed by atoms with van der Waals surface area (Å²) < 4.78 is 44.3. The van der Waals surface area contributed by atoms with Crippen molar-refractivity contribution >= 4 is 33.2 Å². The molecule has 31 heavy (non-hydrogen) atoms. The third-order valence-corrected chi connectivity index (χ3v) is 6.84. The molecule has 0 saturated heterocycles. The second-order valence-electron chi connectivity index (χ2n) is 7.98. The lowest BCUT2D eigenvalue weighted by Gasteiger charge is -2.20. The zero-order valence-electron chi connectivity index (χ0n) is 18.2. The molecule has 5 nitrogen and oxygen atoms in total. The van der Waals surface area contributed by atoms with Crippen molar-refractivity contribution in [2.24, 2.45) is 0 Å². The maximum Gasteiger partial charge on any atom is 0.337 e. The first-order valence-corrected chi connectivity index (χ1v) is 11.8. The van der Waals surface area contributed by atoms with Crippen molar-refractivity contribution in [3.05, 3.63) is 63.4 Å². The number of carbonyl (C=O) groups is 2. The summed E-state index contributed by atoms with van der Waals surface area (Å²) in [5.41, 5.74) is 2.39. The van der Waals surface area contributed by atoms with Crippen molar-refractivity contribution in [1.82, 2.24) is 0 Å².